The van der Waals surface area contributed by atoms with Crippen molar-refractivity contribution in [3.8, 4) is 0 Å². The van der Waals surface area contributed by atoms with Gasteiger partial charge in [-0.25, -0.2) is 0 Å². The van der Waals surface area contributed by atoms with Crippen molar-refractivity contribution < 1.29 is 13.9 Å². The van der Waals surface area contributed by atoms with Gasteiger partial charge in [-0.3, -0.25) is 4.79 Å². The number of benzene rings is 1. The van der Waals surface area contributed by atoms with Crippen molar-refractivity contribution >= 4 is 0 Å². The van der Waals surface area contributed by atoms with E-state index in [1.807, 2.05) is 18.2 Å². The molecule has 106 valence electrons. The van der Waals surface area contributed by atoms with Crippen LogP contribution >= 0.6 is 0 Å². The Morgan fingerprint density at radius 1 is 0.952 bits per heavy atom. The second kappa shape index (κ2) is 4.06. The van der Waals surface area contributed by atoms with E-state index in [1.165, 1.54) is 5.56 Å². The fourth-order valence-corrected chi connectivity index (χ4v) is 3.29. The number of fused-ring (bicyclic) bond motifs is 6. The summed E-state index contributed by atoms with van der Waals surface area (Å²) in [7, 11) is 0. The Bertz CT molecular complexity index is 764. The van der Waals surface area contributed by atoms with Crippen molar-refractivity contribution in [2.45, 2.75) is 37.3 Å². The summed E-state index contributed by atoms with van der Waals surface area (Å²) < 4.78 is 17.0. The summed E-state index contributed by atoms with van der Waals surface area (Å²) in [6.07, 6.45) is 1.62. The Kier molecular flexibility index (Phi) is 2.26. The minimum absolute atomic E-state index is 0.0285. The predicted molar refractivity (Wildman–Crippen MR) is 74.1 cm³/mol. The molecule has 0 N–H and O–H groups in total. The molecule has 5 rings (SSSR count). The van der Waals surface area contributed by atoms with Gasteiger partial charge in [0.05, 0.1) is 5.56 Å². The van der Waals surface area contributed by atoms with Crippen molar-refractivity contribution in [2.75, 3.05) is 0 Å². The number of epoxide rings is 2. The largest absolute Gasteiger partial charge is 0.463 e. The highest BCUT2D eigenvalue weighted by Crippen LogP contribution is 2.59. The second-order valence-corrected chi connectivity index (χ2v) is 5.88. The van der Waals surface area contributed by atoms with Crippen LogP contribution < -0.4 is 5.43 Å². The van der Waals surface area contributed by atoms with Crippen LogP contribution in [0.1, 0.15) is 34.9 Å². The van der Waals surface area contributed by atoms with Gasteiger partial charge in [0.15, 0.2) is 5.43 Å². The molecule has 2 aliphatic heterocycles. The van der Waals surface area contributed by atoms with E-state index in [9.17, 15) is 4.79 Å². The van der Waals surface area contributed by atoms with Gasteiger partial charge in [-0.2, -0.15) is 0 Å². The molecule has 0 radical (unpaired) electrons. The van der Waals surface area contributed by atoms with Crippen molar-refractivity contribution in [1.82, 2.24) is 0 Å². The molecule has 4 heteroatoms. The van der Waals surface area contributed by atoms with Crippen LogP contribution in [0, 0.1) is 0 Å². The molecule has 4 unspecified atom stereocenters. The van der Waals surface area contributed by atoms with E-state index in [-0.39, 0.29) is 29.8 Å². The van der Waals surface area contributed by atoms with Crippen LogP contribution in [0.2, 0.25) is 0 Å². The Morgan fingerprint density at radius 3 is 2.57 bits per heavy atom. The SMILES string of the molecule is O=c1cc(CCc2ccccc2)oc2c1C1OC1C1OC21. The molecule has 1 aromatic heterocycles. The highest BCUT2D eigenvalue weighted by molar-refractivity contribution is 5.37. The first-order chi connectivity index (χ1) is 10.3. The Balaban J connectivity index is 1.45. The summed E-state index contributed by atoms with van der Waals surface area (Å²) in [5.74, 6) is 1.44. The van der Waals surface area contributed by atoms with Crippen LogP contribution in [0.5, 0.6) is 0 Å². The standard InChI is InChI=1S/C17H14O4/c18-11-8-10(7-6-9-4-2-1-3-5-9)19-13-12(11)14-16(20-14)17-15(13)21-17/h1-5,8,14-17H,6-7H2. The Labute approximate surface area is 121 Å². The second-order valence-electron chi connectivity index (χ2n) is 5.88. The zero-order valence-electron chi connectivity index (χ0n) is 11.3. The van der Waals surface area contributed by atoms with Gasteiger partial charge in [0.25, 0.3) is 0 Å². The summed E-state index contributed by atoms with van der Waals surface area (Å²) in [6.45, 7) is 0. The average Bonchev–Trinajstić information content (AvgIpc) is 3.36. The van der Waals surface area contributed by atoms with Gasteiger partial charge in [0, 0.05) is 12.5 Å². The maximum absolute atomic E-state index is 12.3. The summed E-state index contributed by atoms with van der Waals surface area (Å²) in [5, 5.41) is 0. The van der Waals surface area contributed by atoms with Crippen LogP contribution in [0.25, 0.3) is 0 Å². The topological polar surface area (TPSA) is 55.3 Å². The number of rotatable bonds is 3. The highest BCUT2D eigenvalue weighted by atomic mass is 16.7. The van der Waals surface area contributed by atoms with E-state index in [0.29, 0.717) is 11.3 Å². The molecule has 1 aromatic carbocycles. The maximum atomic E-state index is 12.3. The van der Waals surface area contributed by atoms with Gasteiger partial charge >= 0.3 is 0 Å². The molecule has 0 spiro atoms. The molecule has 0 bridgehead atoms. The lowest BCUT2D eigenvalue weighted by Crippen LogP contribution is -2.18. The van der Waals surface area contributed by atoms with E-state index < -0.39 is 0 Å². The summed E-state index contributed by atoms with van der Waals surface area (Å²) in [5.41, 5.74) is 1.95. The van der Waals surface area contributed by atoms with E-state index >= 15 is 0 Å². The molecule has 0 saturated carbocycles. The molecule has 1 aliphatic carbocycles. The number of aryl methyl sites for hydroxylation is 2. The van der Waals surface area contributed by atoms with Gasteiger partial charge in [-0.15, -0.1) is 0 Å². The molecule has 3 heterocycles. The third-order valence-corrected chi connectivity index (χ3v) is 4.48. The number of hydrogen-bond donors (Lipinski definition) is 0. The molecule has 2 fully saturated rings. The van der Waals surface area contributed by atoms with Gasteiger partial charge in [0.2, 0.25) is 0 Å². The third kappa shape index (κ3) is 1.79. The molecule has 2 saturated heterocycles. The molecule has 4 atom stereocenters. The highest BCUT2D eigenvalue weighted by Gasteiger charge is 2.66. The zero-order valence-corrected chi connectivity index (χ0v) is 11.3. The average molecular weight is 282 g/mol. The molecule has 4 nitrogen and oxygen atoms in total. The molecular formula is C17H14O4. The first-order valence-electron chi connectivity index (χ1n) is 7.33. The molecule has 3 aliphatic rings. The molecular weight excluding hydrogens is 268 g/mol. The lowest BCUT2D eigenvalue weighted by molar-refractivity contribution is 0.289. The fraction of sp³-hybridized carbons (Fsp3) is 0.353. The van der Waals surface area contributed by atoms with E-state index in [4.69, 9.17) is 13.9 Å². The Hall–Kier alpha value is -1.91. The molecule has 21 heavy (non-hydrogen) atoms. The fourth-order valence-electron chi connectivity index (χ4n) is 3.29. The smallest absolute Gasteiger partial charge is 0.191 e. The summed E-state index contributed by atoms with van der Waals surface area (Å²) in [4.78, 5) is 12.3. The van der Waals surface area contributed by atoms with Crippen LogP contribution in [0.4, 0.5) is 0 Å². The van der Waals surface area contributed by atoms with E-state index in [1.54, 1.807) is 6.07 Å². The molecule has 2 aromatic rings. The summed E-state index contributed by atoms with van der Waals surface area (Å²) in [6, 6.07) is 11.8. The Morgan fingerprint density at radius 2 is 1.71 bits per heavy atom. The van der Waals surface area contributed by atoms with Crippen LogP contribution in [0.3, 0.4) is 0 Å². The number of ether oxygens (including phenoxy) is 2. The minimum Gasteiger partial charge on any atom is -0.463 e. The normalized spacial score (nSPS) is 31.0. The van der Waals surface area contributed by atoms with Crippen molar-refractivity contribution in [1.29, 1.82) is 0 Å². The maximum Gasteiger partial charge on any atom is 0.191 e. The van der Waals surface area contributed by atoms with Crippen molar-refractivity contribution in [2.24, 2.45) is 0 Å². The van der Waals surface area contributed by atoms with Gasteiger partial charge < -0.3 is 13.9 Å². The van der Waals surface area contributed by atoms with Crippen LogP contribution in [-0.2, 0) is 22.3 Å². The van der Waals surface area contributed by atoms with E-state index in [2.05, 4.69) is 12.1 Å². The van der Waals surface area contributed by atoms with Crippen LogP contribution in [-0.4, -0.2) is 12.2 Å². The van der Waals surface area contributed by atoms with Crippen molar-refractivity contribution in [3.63, 3.8) is 0 Å². The third-order valence-electron chi connectivity index (χ3n) is 4.48. The van der Waals surface area contributed by atoms with Gasteiger partial charge in [0.1, 0.15) is 35.9 Å². The predicted octanol–water partition coefficient (Wildman–Crippen LogP) is 2.32. The number of hydrogen-bond acceptors (Lipinski definition) is 4. The first kappa shape index (κ1) is 11.7. The van der Waals surface area contributed by atoms with Crippen molar-refractivity contribution in [3.05, 3.63) is 69.3 Å². The quantitative estimate of drug-likeness (QED) is 0.811. The summed E-state index contributed by atoms with van der Waals surface area (Å²) >= 11 is 0. The van der Waals surface area contributed by atoms with Gasteiger partial charge in [-0.05, 0) is 12.0 Å². The zero-order chi connectivity index (χ0) is 14.0. The van der Waals surface area contributed by atoms with Gasteiger partial charge in [-0.1, -0.05) is 30.3 Å². The van der Waals surface area contributed by atoms with Crippen LogP contribution in [0.15, 0.2) is 45.6 Å². The first-order valence-corrected chi connectivity index (χ1v) is 7.33. The molecule has 0 amide bonds. The lowest BCUT2D eigenvalue weighted by Gasteiger charge is -2.09. The van der Waals surface area contributed by atoms with E-state index in [0.717, 1.165) is 18.6 Å². The minimum atomic E-state index is -0.0943. The monoisotopic (exact) mass is 282 g/mol. The lowest BCUT2D eigenvalue weighted by atomic mass is 9.96.